The first kappa shape index (κ1) is 21.5. The summed E-state index contributed by atoms with van der Waals surface area (Å²) >= 11 is 6.09. The predicted molar refractivity (Wildman–Crippen MR) is 115 cm³/mol. The lowest BCUT2D eigenvalue weighted by Crippen LogP contribution is -2.21. The average molecular weight is 431 g/mol. The van der Waals surface area contributed by atoms with Gasteiger partial charge in [-0.05, 0) is 30.5 Å². The fourth-order valence-corrected chi connectivity index (χ4v) is 3.36. The zero-order valence-electron chi connectivity index (χ0n) is 16.8. The number of anilines is 1. The second kappa shape index (κ2) is 10.0. The number of halogens is 1. The molecule has 1 amide bonds. The molecule has 2 aromatic carbocycles. The molecule has 0 aliphatic carbocycles. The molecule has 0 aliphatic heterocycles. The molecule has 1 heterocycles. The molecule has 0 saturated carbocycles. The lowest BCUT2D eigenvalue weighted by molar-refractivity contribution is -0.147. The van der Waals surface area contributed by atoms with Crippen LogP contribution in [0.25, 0.3) is 10.9 Å². The molecule has 1 aromatic heterocycles. The zero-order valence-corrected chi connectivity index (χ0v) is 17.5. The normalized spacial score (nSPS) is 10.6. The smallest absolute Gasteiger partial charge is 0.306 e. The van der Waals surface area contributed by atoms with Crippen molar-refractivity contribution in [3.05, 3.63) is 53.2 Å². The average Bonchev–Trinajstić information content (AvgIpc) is 3.16. The molecule has 0 spiro atoms. The Morgan fingerprint density at radius 1 is 1.10 bits per heavy atom. The van der Waals surface area contributed by atoms with Crippen molar-refractivity contribution in [2.24, 2.45) is 0 Å². The Kier molecular flexibility index (Phi) is 7.19. The van der Waals surface area contributed by atoms with Crippen LogP contribution in [-0.4, -0.2) is 37.7 Å². The Bertz CT molecular complexity index is 1050. The molecule has 0 unspecified atom stereocenters. The summed E-state index contributed by atoms with van der Waals surface area (Å²) in [7, 11) is 2.95. The van der Waals surface area contributed by atoms with Gasteiger partial charge < -0.3 is 24.5 Å². The number of aromatic amines is 1. The van der Waals surface area contributed by atoms with Crippen LogP contribution in [-0.2, 0) is 20.7 Å². The molecule has 30 heavy (non-hydrogen) atoms. The lowest BCUT2D eigenvalue weighted by atomic mass is 10.1. The van der Waals surface area contributed by atoms with E-state index in [1.54, 1.807) is 6.07 Å². The number of amides is 1. The van der Waals surface area contributed by atoms with Gasteiger partial charge in [-0.3, -0.25) is 9.59 Å². The van der Waals surface area contributed by atoms with E-state index in [1.807, 2.05) is 30.5 Å². The van der Waals surface area contributed by atoms with E-state index < -0.39 is 18.5 Å². The maximum atomic E-state index is 12.1. The van der Waals surface area contributed by atoms with E-state index in [-0.39, 0.29) is 6.42 Å². The number of benzene rings is 2. The number of para-hydroxylation sites is 1. The van der Waals surface area contributed by atoms with Crippen molar-refractivity contribution in [2.45, 2.75) is 19.3 Å². The maximum absolute atomic E-state index is 12.1. The first-order valence-electron chi connectivity index (χ1n) is 9.43. The number of carbonyl (C=O) groups is 2. The van der Waals surface area contributed by atoms with Crippen LogP contribution in [0.15, 0.2) is 42.6 Å². The van der Waals surface area contributed by atoms with Crippen molar-refractivity contribution >= 4 is 40.1 Å². The van der Waals surface area contributed by atoms with E-state index in [0.29, 0.717) is 28.6 Å². The fraction of sp³-hybridized carbons (Fsp3) is 0.273. The molecule has 0 radical (unpaired) electrons. The molecule has 3 rings (SSSR count). The number of carbonyl (C=O) groups excluding carboxylic acids is 2. The molecule has 0 bridgehead atoms. The highest BCUT2D eigenvalue weighted by Gasteiger charge is 2.14. The Morgan fingerprint density at radius 2 is 1.87 bits per heavy atom. The van der Waals surface area contributed by atoms with Gasteiger partial charge in [-0.15, -0.1) is 0 Å². The lowest BCUT2D eigenvalue weighted by Gasteiger charge is -2.13. The quantitative estimate of drug-likeness (QED) is 0.493. The van der Waals surface area contributed by atoms with Gasteiger partial charge in [0, 0.05) is 29.6 Å². The van der Waals surface area contributed by atoms with E-state index in [9.17, 15) is 9.59 Å². The molecular weight excluding hydrogens is 408 g/mol. The number of ether oxygens (including phenoxy) is 3. The number of rotatable bonds is 9. The molecule has 3 aromatic rings. The van der Waals surface area contributed by atoms with E-state index in [1.165, 1.54) is 20.3 Å². The number of aryl methyl sites for hydroxylation is 1. The molecule has 158 valence electrons. The topological polar surface area (TPSA) is 89.7 Å². The van der Waals surface area contributed by atoms with Crippen molar-refractivity contribution in [1.82, 2.24) is 4.98 Å². The third kappa shape index (κ3) is 5.24. The zero-order chi connectivity index (χ0) is 21.5. The van der Waals surface area contributed by atoms with Gasteiger partial charge in [0.25, 0.3) is 5.91 Å². The second-order valence-electron chi connectivity index (χ2n) is 6.61. The van der Waals surface area contributed by atoms with Gasteiger partial charge in [0.2, 0.25) is 0 Å². The van der Waals surface area contributed by atoms with Crippen LogP contribution in [0.3, 0.4) is 0 Å². The minimum atomic E-state index is -0.487. The molecule has 0 atom stereocenters. The molecule has 0 aliphatic rings. The van der Waals surface area contributed by atoms with Crippen LogP contribution in [0.4, 0.5) is 5.69 Å². The Labute approximate surface area is 179 Å². The molecular formula is C22H23ClN2O5. The summed E-state index contributed by atoms with van der Waals surface area (Å²) in [6, 6.07) is 11.1. The van der Waals surface area contributed by atoms with Crippen molar-refractivity contribution in [3.8, 4) is 11.5 Å². The Hall–Kier alpha value is -3.19. The number of H-pyrrole nitrogens is 1. The largest absolute Gasteiger partial charge is 0.495 e. The van der Waals surface area contributed by atoms with Crippen LogP contribution in [0.5, 0.6) is 11.5 Å². The van der Waals surface area contributed by atoms with E-state index in [2.05, 4.69) is 10.3 Å². The van der Waals surface area contributed by atoms with Crippen molar-refractivity contribution in [2.75, 3.05) is 26.1 Å². The highest BCUT2D eigenvalue weighted by atomic mass is 35.5. The van der Waals surface area contributed by atoms with Crippen molar-refractivity contribution in [1.29, 1.82) is 0 Å². The Balaban J connectivity index is 1.45. The first-order chi connectivity index (χ1) is 14.5. The number of hydrogen-bond acceptors (Lipinski definition) is 5. The fourth-order valence-electron chi connectivity index (χ4n) is 3.12. The molecule has 8 heteroatoms. The van der Waals surface area contributed by atoms with Gasteiger partial charge in [-0.2, -0.15) is 0 Å². The summed E-state index contributed by atoms with van der Waals surface area (Å²) in [5.74, 6) is -0.105. The van der Waals surface area contributed by atoms with E-state index in [0.717, 1.165) is 22.9 Å². The third-order valence-corrected chi connectivity index (χ3v) is 4.91. The van der Waals surface area contributed by atoms with Gasteiger partial charge in [0.15, 0.2) is 6.61 Å². The summed E-state index contributed by atoms with van der Waals surface area (Å²) in [5.41, 5.74) is 2.59. The van der Waals surface area contributed by atoms with Crippen LogP contribution in [0.1, 0.15) is 18.4 Å². The Morgan fingerprint density at radius 3 is 2.63 bits per heavy atom. The minimum Gasteiger partial charge on any atom is -0.495 e. The molecule has 2 N–H and O–H groups in total. The van der Waals surface area contributed by atoms with Crippen LogP contribution < -0.4 is 14.8 Å². The van der Waals surface area contributed by atoms with E-state index >= 15 is 0 Å². The van der Waals surface area contributed by atoms with Gasteiger partial charge in [-0.1, -0.05) is 29.8 Å². The van der Waals surface area contributed by atoms with Gasteiger partial charge in [0.1, 0.15) is 11.5 Å². The SMILES string of the molecule is COc1cc(OC)c(NC(=O)COC(=O)CCCc2c[nH]c3ccccc23)cc1Cl. The predicted octanol–water partition coefficient (Wildman–Crippen LogP) is 4.34. The van der Waals surface area contributed by atoms with Crippen molar-refractivity contribution < 1.29 is 23.8 Å². The van der Waals surface area contributed by atoms with Gasteiger partial charge >= 0.3 is 5.97 Å². The monoisotopic (exact) mass is 430 g/mol. The highest BCUT2D eigenvalue weighted by molar-refractivity contribution is 6.32. The number of esters is 1. The van der Waals surface area contributed by atoms with Crippen LogP contribution in [0.2, 0.25) is 5.02 Å². The summed E-state index contributed by atoms with van der Waals surface area (Å²) in [6.07, 6.45) is 3.55. The second-order valence-corrected chi connectivity index (χ2v) is 7.02. The number of nitrogens with one attached hydrogen (secondary N) is 2. The van der Waals surface area contributed by atoms with Crippen LogP contribution >= 0.6 is 11.6 Å². The number of aromatic nitrogens is 1. The molecule has 0 saturated heterocycles. The standard InChI is InChI=1S/C22H23ClN2O5/c1-28-19-11-20(29-2)18(10-16(19)23)25-21(26)13-30-22(27)9-5-6-14-12-24-17-8-4-3-7-15(14)17/h3-4,7-8,10-12,24H,5-6,9,13H2,1-2H3,(H,25,26). The summed E-state index contributed by atoms with van der Waals surface area (Å²) < 4.78 is 15.4. The summed E-state index contributed by atoms with van der Waals surface area (Å²) in [5, 5.41) is 4.09. The molecule has 0 fully saturated rings. The maximum Gasteiger partial charge on any atom is 0.306 e. The summed E-state index contributed by atoms with van der Waals surface area (Å²) in [6.45, 7) is -0.390. The number of methoxy groups -OCH3 is 2. The highest BCUT2D eigenvalue weighted by Crippen LogP contribution is 2.35. The van der Waals surface area contributed by atoms with Crippen LogP contribution in [0, 0.1) is 0 Å². The van der Waals surface area contributed by atoms with E-state index in [4.69, 9.17) is 25.8 Å². The first-order valence-corrected chi connectivity index (χ1v) is 9.81. The minimum absolute atomic E-state index is 0.227. The van der Waals surface area contributed by atoms with Gasteiger partial charge in [0.05, 0.1) is 24.9 Å². The number of hydrogen-bond donors (Lipinski definition) is 2. The number of fused-ring (bicyclic) bond motifs is 1. The van der Waals surface area contributed by atoms with Crippen molar-refractivity contribution in [3.63, 3.8) is 0 Å². The van der Waals surface area contributed by atoms with Gasteiger partial charge in [-0.25, -0.2) is 0 Å². The third-order valence-electron chi connectivity index (χ3n) is 4.61. The summed E-state index contributed by atoms with van der Waals surface area (Å²) in [4.78, 5) is 27.3. The molecule has 7 nitrogen and oxygen atoms in total.